The lowest BCUT2D eigenvalue weighted by Gasteiger charge is -2.34. The summed E-state index contributed by atoms with van der Waals surface area (Å²) in [6, 6.07) is 8.29. The highest BCUT2D eigenvalue weighted by Crippen LogP contribution is 2.39. The zero-order chi connectivity index (χ0) is 19.2. The molecule has 2 aliphatic heterocycles. The number of rotatable bonds is 2. The molecule has 3 atom stereocenters. The molecule has 1 amide bonds. The Balaban J connectivity index is 1.47. The van der Waals surface area contributed by atoms with Crippen molar-refractivity contribution >= 4 is 5.91 Å². The molecule has 1 aromatic carbocycles. The van der Waals surface area contributed by atoms with Gasteiger partial charge in [-0.05, 0) is 25.0 Å². The third-order valence-corrected chi connectivity index (χ3v) is 5.34. The molecular weight excluding hydrogens is 359 g/mol. The number of alkyl halides is 3. The van der Waals surface area contributed by atoms with Crippen LogP contribution in [0.2, 0.25) is 0 Å². The molecule has 8 heteroatoms. The lowest BCUT2D eigenvalue weighted by atomic mass is 9.96. The van der Waals surface area contributed by atoms with E-state index >= 15 is 0 Å². The molecular formula is C19H20F3N3O2. The normalized spacial score (nSPS) is 25.2. The number of carbonyl (C=O) groups is 1. The van der Waals surface area contributed by atoms with E-state index in [2.05, 4.69) is 5.10 Å². The molecule has 0 N–H and O–H groups in total. The van der Waals surface area contributed by atoms with Crippen LogP contribution in [0.3, 0.4) is 0 Å². The van der Waals surface area contributed by atoms with Crippen LogP contribution < -0.4 is 4.74 Å². The quantitative estimate of drug-likeness (QED) is 0.801. The molecule has 2 aromatic rings. The van der Waals surface area contributed by atoms with E-state index in [1.54, 1.807) is 4.90 Å². The Morgan fingerprint density at radius 1 is 1.26 bits per heavy atom. The predicted octanol–water partition coefficient (Wildman–Crippen LogP) is 3.63. The van der Waals surface area contributed by atoms with Crippen LogP contribution in [-0.2, 0) is 11.0 Å². The molecule has 1 aromatic heterocycles. The maximum Gasteiger partial charge on any atom is 0.435 e. The molecule has 0 radical (unpaired) electrons. The summed E-state index contributed by atoms with van der Waals surface area (Å²) in [4.78, 5) is 14.7. The highest BCUT2D eigenvalue weighted by Gasteiger charge is 2.40. The number of piperidine rings is 1. The van der Waals surface area contributed by atoms with Crippen molar-refractivity contribution in [3.8, 4) is 5.75 Å². The highest BCUT2D eigenvalue weighted by molar-refractivity contribution is 5.83. The summed E-state index contributed by atoms with van der Waals surface area (Å²) in [5.74, 6) is 0.543. The summed E-state index contributed by atoms with van der Waals surface area (Å²) >= 11 is 0. The number of carbonyl (C=O) groups excluding carboxylic acids is 1. The van der Waals surface area contributed by atoms with Gasteiger partial charge >= 0.3 is 6.18 Å². The smallest absolute Gasteiger partial charge is 0.435 e. The van der Waals surface area contributed by atoms with E-state index in [9.17, 15) is 18.0 Å². The molecule has 4 rings (SSSR count). The van der Waals surface area contributed by atoms with E-state index in [0.717, 1.165) is 17.4 Å². The minimum Gasteiger partial charge on any atom is -0.480 e. The summed E-state index contributed by atoms with van der Waals surface area (Å²) in [6.45, 7) is 2.87. The minimum absolute atomic E-state index is 0.0596. The molecule has 1 fully saturated rings. The van der Waals surface area contributed by atoms with Gasteiger partial charge in [0.1, 0.15) is 5.75 Å². The van der Waals surface area contributed by atoms with Gasteiger partial charge in [0.15, 0.2) is 11.8 Å². The van der Waals surface area contributed by atoms with Gasteiger partial charge in [0.05, 0.1) is 6.04 Å². The largest absolute Gasteiger partial charge is 0.480 e. The fourth-order valence-corrected chi connectivity index (χ4v) is 3.87. The first-order valence-corrected chi connectivity index (χ1v) is 9.01. The third kappa shape index (κ3) is 3.28. The van der Waals surface area contributed by atoms with Gasteiger partial charge in [-0.15, -0.1) is 0 Å². The molecule has 0 unspecified atom stereocenters. The van der Waals surface area contributed by atoms with Gasteiger partial charge in [0.2, 0.25) is 0 Å². The van der Waals surface area contributed by atoms with Crippen LogP contribution in [0.15, 0.2) is 36.5 Å². The fourth-order valence-electron chi connectivity index (χ4n) is 3.87. The fraction of sp³-hybridized carbons (Fsp3) is 0.474. The van der Waals surface area contributed by atoms with Crippen LogP contribution in [0.4, 0.5) is 13.2 Å². The first-order chi connectivity index (χ1) is 12.8. The maximum atomic E-state index is 13.0. The number of likely N-dealkylation sites (tertiary alicyclic amines) is 1. The van der Waals surface area contributed by atoms with Crippen LogP contribution in [0, 0.1) is 0 Å². The number of aromatic nitrogens is 2. The second-order valence-corrected chi connectivity index (χ2v) is 7.12. The van der Waals surface area contributed by atoms with Crippen molar-refractivity contribution in [2.75, 3.05) is 13.1 Å². The van der Waals surface area contributed by atoms with Crippen molar-refractivity contribution in [3.05, 3.63) is 47.8 Å². The number of nitrogens with zero attached hydrogens (tertiary/aromatic N) is 3. The van der Waals surface area contributed by atoms with Gasteiger partial charge in [-0.3, -0.25) is 9.48 Å². The van der Waals surface area contributed by atoms with Gasteiger partial charge in [-0.2, -0.15) is 18.3 Å². The van der Waals surface area contributed by atoms with Crippen LogP contribution >= 0.6 is 0 Å². The Morgan fingerprint density at radius 3 is 2.74 bits per heavy atom. The number of halogens is 3. The van der Waals surface area contributed by atoms with Gasteiger partial charge < -0.3 is 9.64 Å². The Kier molecular flexibility index (Phi) is 4.36. The second kappa shape index (κ2) is 6.58. The molecule has 3 heterocycles. The van der Waals surface area contributed by atoms with Crippen LogP contribution in [-0.4, -0.2) is 39.8 Å². The van der Waals surface area contributed by atoms with Crippen molar-refractivity contribution in [1.82, 2.24) is 14.7 Å². The van der Waals surface area contributed by atoms with Gasteiger partial charge in [0.25, 0.3) is 5.91 Å². The average molecular weight is 379 g/mol. The standard InChI is InChI=1S/C19H20F3N3O2/c1-12-14-6-2-3-7-15(14)27-17(12)18(26)24-9-4-5-13(11-24)25-10-8-16(23-25)19(20,21)22/h2-3,6-8,10,12-13,17H,4-5,9,11H2,1H3/t12-,13-,17-/m1/s1. The monoisotopic (exact) mass is 379 g/mol. The second-order valence-electron chi connectivity index (χ2n) is 7.12. The summed E-state index contributed by atoms with van der Waals surface area (Å²) < 4.78 is 45.6. The Hall–Kier alpha value is -2.51. The zero-order valence-corrected chi connectivity index (χ0v) is 14.8. The van der Waals surface area contributed by atoms with Gasteiger partial charge in [0, 0.05) is 30.8 Å². The number of fused-ring (bicyclic) bond motifs is 1. The van der Waals surface area contributed by atoms with Crippen molar-refractivity contribution in [2.24, 2.45) is 0 Å². The highest BCUT2D eigenvalue weighted by atomic mass is 19.4. The summed E-state index contributed by atoms with van der Waals surface area (Å²) in [5.41, 5.74) is 0.0976. The van der Waals surface area contributed by atoms with Gasteiger partial charge in [-0.25, -0.2) is 0 Å². The summed E-state index contributed by atoms with van der Waals surface area (Å²) in [7, 11) is 0. The lowest BCUT2D eigenvalue weighted by Crippen LogP contribution is -2.47. The third-order valence-electron chi connectivity index (χ3n) is 5.34. The Labute approximate surface area is 154 Å². The number of benzene rings is 1. The van der Waals surface area contributed by atoms with E-state index < -0.39 is 18.0 Å². The molecule has 2 aliphatic rings. The van der Waals surface area contributed by atoms with Crippen LogP contribution in [0.5, 0.6) is 5.75 Å². The molecule has 0 aliphatic carbocycles. The topological polar surface area (TPSA) is 47.4 Å². The van der Waals surface area contributed by atoms with Crippen molar-refractivity contribution in [1.29, 1.82) is 0 Å². The van der Waals surface area contributed by atoms with Crippen molar-refractivity contribution in [2.45, 2.75) is 44.0 Å². The molecule has 5 nitrogen and oxygen atoms in total. The van der Waals surface area contributed by atoms with Crippen LogP contribution in [0.1, 0.15) is 43.0 Å². The lowest BCUT2D eigenvalue weighted by molar-refractivity contribution is -0.143. The van der Waals surface area contributed by atoms with Gasteiger partial charge in [-0.1, -0.05) is 25.1 Å². The zero-order valence-electron chi connectivity index (χ0n) is 14.8. The molecule has 27 heavy (non-hydrogen) atoms. The number of ether oxygens (including phenoxy) is 1. The number of amides is 1. The van der Waals surface area contributed by atoms with Crippen LogP contribution in [0.25, 0.3) is 0 Å². The Bertz CT molecular complexity index is 849. The summed E-state index contributed by atoms with van der Waals surface area (Å²) in [6.07, 6.45) is -2.32. The predicted molar refractivity (Wildman–Crippen MR) is 91.4 cm³/mol. The first-order valence-electron chi connectivity index (χ1n) is 9.01. The van der Waals surface area contributed by atoms with E-state index in [4.69, 9.17) is 4.74 Å². The average Bonchev–Trinajstić information content (AvgIpc) is 3.27. The minimum atomic E-state index is -4.46. The van der Waals surface area contributed by atoms with Crippen molar-refractivity contribution in [3.63, 3.8) is 0 Å². The van der Waals surface area contributed by atoms with E-state index in [1.165, 1.54) is 10.9 Å². The molecule has 0 saturated carbocycles. The summed E-state index contributed by atoms with van der Waals surface area (Å²) in [5, 5.41) is 3.67. The SMILES string of the molecule is C[C@@H]1c2ccccc2O[C@H]1C(=O)N1CCC[C@@H](n2ccc(C(F)(F)F)n2)C1. The molecule has 144 valence electrons. The number of hydrogen-bond acceptors (Lipinski definition) is 3. The van der Waals surface area contributed by atoms with Crippen molar-refractivity contribution < 1.29 is 22.7 Å². The number of para-hydroxylation sites is 1. The number of hydrogen-bond donors (Lipinski definition) is 0. The van der Waals surface area contributed by atoms with E-state index in [1.807, 2.05) is 31.2 Å². The molecule has 0 spiro atoms. The Morgan fingerprint density at radius 2 is 2.04 bits per heavy atom. The molecule has 0 bridgehead atoms. The first kappa shape index (κ1) is 17.9. The van der Waals surface area contributed by atoms with E-state index in [0.29, 0.717) is 25.9 Å². The van der Waals surface area contributed by atoms with E-state index in [-0.39, 0.29) is 17.9 Å². The maximum absolute atomic E-state index is 13.0. The molecule has 1 saturated heterocycles.